The maximum atomic E-state index is 12.3. The third-order valence-electron chi connectivity index (χ3n) is 4.26. The molecule has 0 aliphatic carbocycles. The van der Waals surface area contributed by atoms with Gasteiger partial charge in [0.1, 0.15) is 0 Å². The normalized spacial score (nSPS) is 13.1. The first-order valence-corrected chi connectivity index (χ1v) is 9.19. The number of ketones is 1. The average Bonchev–Trinajstić information content (AvgIpc) is 3.23. The van der Waals surface area contributed by atoms with Crippen LogP contribution in [0.5, 0.6) is 0 Å². The molecule has 3 aromatic rings. The van der Waals surface area contributed by atoms with Crippen LogP contribution in [0.3, 0.4) is 0 Å². The third-order valence-corrected chi connectivity index (χ3v) is 5.23. The number of benzene rings is 2. The van der Waals surface area contributed by atoms with E-state index >= 15 is 0 Å². The van der Waals surface area contributed by atoms with Gasteiger partial charge in [0.05, 0.1) is 5.75 Å². The number of carbonyl (C=O) groups excluding carboxylic acids is 1. The number of hydrogen-bond donors (Lipinski definition) is 0. The fraction of sp³-hybridized carbons (Fsp3) is 0.211. The summed E-state index contributed by atoms with van der Waals surface area (Å²) in [5, 5.41) is 9.41. The van der Waals surface area contributed by atoms with Crippen LogP contribution in [0.15, 0.2) is 59.8 Å². The second-order valence-corrected chi connectivity index (χ2v) is 6.94. The molecule has 6 heteroatoms. The minimum atomic E-state index is 0.108. The van der Waals surface area contributed by atoms with E-state index in [-0.39, 0.29) is 5.78 Å². The SMILES string of the molecule is Cc1ccc(N2CCn3c(SCC(=O)c4ccccc4)nnc32)cc1. The maximum absolute atomic E-state index is 12.3. The van der Waals surface area contributed by atoms with Gasteiger partial charge < -0.3 is 4.90 Å². The second-order valence-electron chi connectivity index (χ2n) is 6.00. The van der Waals surface area contributed by atoms with Gasteiger partial charge in [0.15, 0.2) is 10.9 Å². The van der Waals surface area contributed by atoms with Gasteiger partial charge in [-0.25, -0.2) is 0 Å². The number of hydrogen-bond acceptors (Lipinski definition) is 5. The molecule has 0 radical (unpaired) electrons. The molecule has 0 N–H and O–H groups in total. The van der Waals surface area contributed by atoms with Gasteiger partial charge in [0, 0.05) is 24.3 Å². The van der Waals surface area contributed by atoms with Crippen molar-refractivity contribution in [2.24, 2.45) is 0 Å². The van der Waals surface area contributed by atoms with E-state index in [1.165, 1.54) is 17.3 Å². The molecule has 0 fully saturated rings. The lowest BCUT2D eigenvalue weighted by Gasteiger charge is -2.15. The fourth-order valence-electron chi connectivity index (χ4n) is 2.89. The monoisotopic (exact) mass is 350 g/mol. The zero-order chi connectivity index (χ0) is 17.2. The van der Waals surface area contributed by atoms with Crippen molar-refractivity contribution >= 4 is 29.2 Å². The summed E-state index contributed by atoms with van der Waals surface area (Å²) >= 11 is 1.45. The Labute approximate surface area is 150 Å². The first kappa shape index (κ1) is 15.9. The molecule has 1 aliphatic rings. The second kappa shape index (κ2) is 6.72. The van der Waals surface area contributed by atoms with Crippen molar-refractivity contribution in [2.75, 3.05) is 17.2 Å². The smallest absolute Gasteiger partial charge is 0.232 e. The Morgan fingerprint density at radius 2 is 1.80 bits per heavy atom. The minimum Gasteiger partial charge on any atom is -0.309 e. The Balaban J connectivity index is 1.48. The molecule has 25 heavy (non-hydrogen) atoms. The molecule has 0 unspecified atom stereocenters. The summed E-state index contributed by atoms with van der Waals surface area (Å²) < 4.78 is 2.09. The van der Waals surface area contributed by atoms with Crippen LogP contribution in [0.4, 0.5) is 11.6 Å². The van der Waals surface area contributed by atoms with Crippen LogP contribution in [0, 0.1) is 6.92 Å². The van der Waals surface area contributed by atoms with Gasteiger partial charge >= 0.3 is 0 Å². The van der Waals surface area contributed by atoms with Crippen molar-refractivity contribution < 1.29 is 4.79 Å². The number of thioether (sulfide) groups is 1. The fourth-order valence-corrected chi connectivity index (χ4v) is 3.74. The van der Waals surface area contributed by atoms with E-state index in [2.05, 4.69) is 50.9 Å². The first-order valence-electron chi connectivity index (χ1n) is 8.21. The van der Waals surface area contributed by atoms with E-state index in [0.29, 0.717) is 5.75 Å². The zero-order valence-electron chi connectivity index (χ0n) is 13.9. The molecule has 0 atom stereocenters. The lowest BCUT2D eigenvalue weighted by Crippen LogP contribution is -2.14. The van der Waals surface area contributed by atoms with Crippen LogP contribution >= 0.6 is 11.8 Å². The summed E-state index contributed by atoms with van der Waals surface area (Å²) in [6.07, 6.45) is 0. The summed E-state index contributed by atoms with van der Waals surface area (Å²) in [5.74, 6) is 1.32. The number of rotatable bonds is 5. The predicted octanol–water partition coefficient (Wildman–Crippen LogP) is 3.71. The molecular formula is C19H18N4OS. The largest absolute Gasteiger partial charge is 0.309 e. The molecule has 0 bridgehead atoms. The van der Waals surface area contributed by atoms with E-state index in [0.717, 1.165) is 35.4 Å². The molecule has 0 amide bonds. The molecule has 2 aromatic carbocycles. The van der Waals surface area contributed by atoms with Crippen molar-refractivity contribution in [3.63, 3.8) is 0 Å². The Bertz CT molecular complexity index is 890. The number of carbonyl (C=O) groups is 1. The Kier molecular flexibility index (Phi) is 4.28. The van der Waals surface area contributed by atoms with E-state index in [4.69, 9.17) is 0 Å². The highest BCUT2D eigenvalue weighted by Crippen LogP contribution is 2.32. The van der Waals surface area contributed by atoms with Gasteiger partial charge in [0.25, 0.3) is 0 Å². The van der Waals surface area contributed by atoms with Crippen molar-refractivity contribution in [1.82, 2.24) is 14.8 Å². The molecule has 126 valence electrons. The number of aryl methyl sites for hydroxylation is 1. The molecular weight excluding hydrogens is 332 g/mol. The average molecular weight is 350 g/mol. The summed E-state index contributed by atoms with van der Waals surface area (Å²) in [6, 6.07) is 17.8. The lowest BCUT2D eigenvalue weighted by atomic mass is 10.2. The number of anilines is 2. The van der Waals surface area contributed by atoms with E-state index in [1.807, 2.05) is 30.3 Å². The summed E-state index contributed by atoms with van der Waals surface area (Å²) in [7, 11) is 0. The van der Waals surface area contributed by atoms with E-state index in [1.54, 1.807) is 0 Å². The van der Waals surface area contributed by atoms with Gasteiger partial charge in [-0.3, -0.25) is 9.36 Å². The number of aromatic nitrogens is 3. The Morgan fingerprint density at radius 3 is 2.56 bits per heavy atom. The summed E-state index contributed by atoms with van der Waals surface area (Å²) in [4.78, 5) is 14.4. The van der Waals surface area contributed by atoms with Crippen molar-refractivity contribution in [3.8, 4) is 0 Å². The van der Waals surface area contributed by atoms with Gasteiger partial charge in [-0.2, -0.15) is 0 Å². The van der Waals surface area contributed by atoms with Gasteiger partial charge in [-0.05, 0) is 19.1 Å². The lowest BCUT2D eigenvalue weighted by molar-refractivity contribution is 0.102. The number of Topliss-reactive ketones (excluding diaryl/α,β-unsaturated/α-hetero) is 1. The standard InChI is InChI=1S/C19H18N4OS/c1-14-7-9-16(10-8-14)22-11-12-23-18(22)20-21-19(23)25-13-17(24)15-5-3-2-4-6-15/h2-10H,11-13H2,1H3. The Morgan fingerprint density at radius 1 is 1.04 bits per heavy atom. The van der Waals surface area contributed by atoms with Gasteiger partial charge in [-0.15, -0.1) is 10.2 Å². The predicted molar refractivity (Wildman–Crippen MR) is 99.7 cm³/mol. The van der Waals surface area contributed by atoms with Crippen LogP contribution in [0.25, 0.3) is 0 Å². The highest BCUT2D eigenvalue weighted by molar-refractivity contribution is 7.99. The van der Waals surface area contributed by atoms with Crippen molar-refractivity contribution in [1.29, 1.82) is 0 Å². The minimum absolute atomic E-state index is 0.108. The zero-order valence-corrected chi connectivity index (χ0v) is 14.7. The van der Waals surface area contributed by atoms with Crippen molar-refractivity contribution in [2.45, 2.75) is 18.6 Å². The molecule has 1 aromatic heterocycles. The van der Waals surface area contributed by atoms with Crippen molar-refractivity contribution in [3.05, 3.63) is 65.7 Å². The summed E-state index contributed by atoms with van der Waals surface area (Å²) in [6.45, 7) is 3.78. The highest BCUT2D eigenvalue weighted by atomic mass is 32.2. The summed E-state index contributed by atoms with van der Waals surface area (Å²) in [5.41, 5.74) is 3.09. The number of fused-ring (bicyclic) bond motifs is 1. The maximum Gasteiger partial charge on any atom is 0.232 e. The Hall–Kier alpha value is -2.60. The van der Waals surface area contributed by atoms with E-state index in [9.17, 15) is 4.79 Å². The highest BCUT2D eigenvalue weighted by Gasteiger charge is 2.26. The van der Waals surface area contributed by atoms with Crippen LogP contribution in [0.2, 0.25) is 0 Å². The quantitative estimate of drug-likeness (QED) is 0.519. The van der Waals surface area contributed by atoms with Gasteiger partial charge in [-0.1, -0.05) is 59.8 Å². The van der Waals surface area contributed by atoms with Crippen LogP contribution in [-0.4, -0.2) is 32.8 Å². The molecule has 1 aliphatic heterocycles. The van der Waals surface area contributed by atoms with E-state index < -0.39 is 0 Å². The molecule has 0 saturated heterocycles. The molecule has 4 rings (SSSR count). The van der Waals surface area contributed by atoms with Crippen LogP contribution in [0.1, 0.15) is 15.9 Å². The van der Waals surface area contributed by atoms with Gasteiger partial charge in [0.2, 0.25) is 5.95 Å². The molecule has 5 nitrogen and oxygen atoms in total. The van der Waals surface area contributed by atoms with Crippen LogP contribution < -0.4 is 4.90 Å². The molecule has 0 spiro atoms. The number of nitrogens with zero attached hydrogens (tertiary/aromatic N) is 4. The first-order chi connectivity index (χ1) is 12.2. The molecule has 2 heterocycles. The third kappa shape index (κ3) is 3.17. The molecule has 0 saturated carbocycles. The topological polar surface area (TPSA) is 51.0 Å². The van der Waals surface area contributed by atoms with Crippen LogP contribution in [-0.2, 0) is 6.54 Å².